The Morgan fingerprint density at radius 3 is 3.12 bits per heavy atom. The van der Waals surface area contributed by atoms with Gasteiger partial charge in [-0.1, -0.05) is 12.1 Å². The van der Waals surface area contributed by atoms with Crippen molar-refractivity contribution in [2.45, 2.75) is 44.8 Å². The molecule has 0 N–H and O–H groups in total. The number of likely N-dealkylation sites (tertiary alicyclic amines) is 1. The lowest BCUT2D eigenvalue weighted by molar-refractivity contribution is -0.139. The van der Waals surface area contributed by atoms with Crippen molar-refractivity contribution >= 4 is 5.91 Å². The Bertz CT molecular complexity index is 776. The van der Waals surface area contributed by atoms with Crippen LogP contribution in [0.2, 0.25) is 0 Å². The number of hydrogen-bond donors (Lipinski definition) is 0. The summed E-state index contributed by atoms with van der Waals surface area (Å²) in [5.74, 6) is 1.29. The third kappa shape index (κ3) is 2.53. The van der Waals surface area contributed by atoms with E-state index in [-0.39, 0.29) is 17.8 Å². The van der Waals surface area contributed by atoms with E-state index in [0.717, 1.165) is 18.4 Å². The van der Waals surface area contributed by atoms with Gasteiger partial charge in [0.25, 0.3) is 5.91 Å². The smallest absolute Gasteiger partial charge is 0.264 e. The van der Waals surface area contributed by atoms with E-state index in [9.17, 15) is 9.18 Å². The molecule has 2 aliphatic heterocycles. The van der Waals surface area contributed by atoms with Gasteiger partial charge in [-0.2, -0.15) is 4.98 Å². The number of hydrogen-bond acceptors (Lipinski definition) is 5. The van der Waals surface area contributed by atoms with E-state index in [2.05, 4.69) is 10.1 Å². The Balaban J connectivity index is 1.52. The second-order valence-corrected chi connectivity index (χ2v) is 6.15. The first-order valence-electron chi connectivity index (χ1n) is 8.23. The summed E-state index contributed by atoms with van der Waals surface area (Å²) in [5, 5.41) is 4.01. The molecule has 1 saturated heterocycles. The molecule has 1 aromatic carbocycles. The van der Waals surface area contributed by atoms with Crippen molar-refractivity contribution in [2.75, 3.05) is 6.54 Å². The van der Waals surface area contributed by atoms with Crippen LogP contribution in [-0.2, 0) is 17.6 Å². The highest BCUT2D eigenvalue weighted by Crippen LogP contribution is 2.35. The van der Waals surface area contributed by atoms with Crippen molar-refractivity contribution in [1.29, 1.82) is 0 Å². The number of carbonyl (C=O) groups excluding carboxylic acids is 1. The van der Waals surface area contributed by atoms with Crippen LogP contribution in [0.15, 0.2) is 22.7 Å². The van der Waals surface area contributed by atoms with Gasteiger partial charge < -0.3 is 14.2 Å². The molecule has 0 radical (unpaired) electrons. The minimum atomic E-state index is -0.611. The molecule has 6 nitrogen and oxygen atoms in total. The molecule has 3 heterocycles. The summed E-state index contributed by atoms with van der Waals surface area (Å²) in [6, 6.07) is 4.17. The lowest BCUT2D eigenvalue weighted by atomic mass is 10.1. The molecule has 0 bridgehead atoms. The largest absolute Gasteiger partial charge is 0.480 e. The molecule has 4 rings (SSSR count). The van der Waals surface area contributed by atoms with Gasteiger partial charge in [0.1, 0.15) is 11.6 Å². The fourth-order valence-electron chi connectivity index (χ4n) is 3.39. The van der Waals surface area contributed by atoms with Crippen LogP contribution in [0.25, 0.3) is 0 Å². The van der Waals surface area contributed by atoms with Gasteiger partial charge in [-0.05, 0) is 31.0 Å². The Morgan fingerprint density at radius 2 is 2.33 bits per heavy atom. The van der Waals surface area contributed by atoms with Crippen LogP contribution in [-0.4, -0.2) is 33.6 Å². The van der Waals surface area contributed by atoms with Gasteiger partial charge in [0.2, 0.25) is 5.89 Å². The molecule has 126 valence electrons. The predicted molar refractivity (Wildman–Crippen MR) is 81.9 cm³/mol. The number of halogens is 1. The average molecular weight is 331 g/mol. The van der Waals surface area contributed by atoms with E-state index in [1.165, 1.54) is 12.1 Å². The molecule has 2 atom stereocenters. The van der Waals surface area contributed by atoms with E-state index >= 15 is 0 Å². The Morgan fingerprint density at radius 1 is 1.46 bits per heavy atom. The van der Waals surface area contributed by atoms with Gasteiger partial charge in [-0.15, -0.1) is 0 Å². The number of ether oxygens (including phenoxy) is 1. The third-order valence-corrected chi connectivity index (χ3v) is 4.59. The van der Waals surface area contributed by atoms with Crippen LogP contribution in [0.4, 0.5) is 4.39 Å². The van der Waals surface area contributed by atoms with E-state index < -0.39 is 6.10 Å². The highest BCUT2D eigenvalue weighted by atomic mass is 19.1. The predicted octanol–water partition coefficient (Wildman–Crippen LogP) is 2.44. The van der Waals surface area contributed by atoms with Gasteiger partial charge in [0.05, 0.1) is 6.04 Å². The number of rotatable bonds is 3. The highest BCUT2D eigenvalue weighted by Gasteiger charge is 2.39. The molecule has 2 aliphatic rings. The second-order valence-electron chi connectivity index (χ2n) is 6.15. The lowest BCUT2D eigenvalue weighted by Crippen LogP contribution is -2.41. The van der Waals surface area contributed by atoms with E-state index in [4.69, 9.17) is 9.26 Å². The van der Waals surface area contributed by atoms with Crippen LogP contribution >= 0.6 is 0 Å². The first-order chi connectivity index (χ1) is 11.7. The Labute approximate surface area is 138 Å². The van der Waals surface area contributed by atoms with Crippen molar-refractivity contribution in [2.24, 2.45) is 0 Å². The first-order valence-corrected chi connectivity index (χ1v) is 8.23. The zero-order valence-electron chi connectivity index (χ0n) is 13.4. The molecule has 0 saturated carbocycles. The molecule has 1 aromatic heterocycles. The molecule has 0 aliphatic carbocycles. The van der Waals surface area contributed by atoms with E-state index in [0.29, 0.717) is 36.9 Å². The minimum Gasteiger partial charge on any atom is -0.480 e. The standard InChI is InChI=1S/C17H18FN3O3/c1-2-15-19-16(20-24-15)12-4-3-7-21(12)17(22)14-9-10-8-11(18)5-6-13(10)23-14/h5-6,8,12,14H,2-4,7,9H2,1H3/t12-,14-/m0/s1. The molecular formula is C17H18FN3O3. The topological polar surface area (TPSA) is 68.5 Å². The molecule has 2 aromatic rings. The first kappa shape index (κ1) is 15.1. The fourth-order valence-corrected chi connectivity index (χ4v) is 3.39. The van der Waals surface area contributed by atoms with Crippen molar-refractivity contribution in [3.8, 4) is 5.75 Å². The summed E-state index contributed by atoms with van der Waals surface area (Å²) in [5.41, 5.74) is 0.733. The number of nitrogens with zero attached hydrogens (tertiary/aromatic N) is 3. The number of fused-ring (bicyclic) bond motifs is 1. The average Bonchev–Trinajstić information content (AvgIpc) is 3.31. The van der Waals surface area contributed by atoms with Gasteiger partial charge >= 0.3 is 0 Å². The molecule has 0 unspecified atom stereocenters. The SMILES string of the molecule is CCc1nc([C@@H]2CCCN2C(=O)[C@@H]2Cc3cc(F)ccc3O2)no1. The zero-order chi connectivity index (χ0) is 16.7. The van der Waals surface area contributed by atoms with Gasteiger partial charge in [0, 0.05) is 24.9 Å². The maximum atomic E-state index is 13.3. The highest BCUT2D eigenvalue weighted by molar-refractivity contribution is 5.83. The van der Waals surface area contributed by atoms with Crippen molar-refractivity contribution < 1.29 is 18.4 Å². The molecule has 7 heteroatoms. The van der Waals surface area contributed by atoms with E-state index in [1.54, 1.807) is 11.0 Å². The molecule has 1 amide bonds. The van der Waals surface area contributed by atoms with Crippen LogP contribution in [0.5, 0.6) is 5.75 Å². The molecule has 0 spiro atoms. The third-order valence-electron chi connectivity index (χ3n) is 4.59. The Hall–Kier alpha value is -2.44. The maximum absolute atomic E-state index is 13.3. The lowest BCUT2D eigenvalue weighted by Gasteiger charge is -2.25. The van der Waals surface area contributed by atoms with E-state index in [1.807, 2.05) is 6.92 Å². The number of aryl methyl sites for hydroxylation is 1. The second kappa shape index (κ2) is 5.89. The Kier molecular flexibility index (Phi) is 3.70. The normalized spacial score (nSPS) is 22.5. The fraction of sp³-hybridized carbons (Fsp3) is 0.471. The maximum Gasteiger partial charge on any atom is 0.264 e. The summed E-state index contributed by atoms with van der Waals surface area (Å²) in [7, 11) is 0. The van der Waals surface area contributed by atoms with Crippen molar-refractivity contribution in [3.05, 3.63) is 41.3 Å². The van der Waals surface area contributed by atoms with Crippen LogP contribution < -0.4 is 4.74 Å². The van der Waals surface area contributed by atoms with Gasteiger partial charge in [-0.3, -0.25) is 4.79 Å². The van der Waals surface area contributed by atoms with Gasteiger partial charge in [-0.25, -0.2) is 4.39 Å². The summed E-state index contributed by atoms with van der Waals surface area (Å²) >= 11 is 0. The van der Waals surface area contributed by atoms with Crippen LogP contribution in [0.3, 0.4) is 0 Å². The van der Waals surface area contributed by atoms with Crippen molar-refractivity contribution in [1.82, 2.24) is 15.0 Å². The monoisotopic (exact) mass is 331 g/mol. The molecule has 24 heavy (non-hydrogen) atoms. The number of aromatic nitrogens is 2. The number of carbonyl (C=O) groups is 1. The number of benzene rings is 1. The van der Waals surface area contributed by atoms with Crippen LogP contribution in [0, 0.1) is 5.82 Å². The van der Waals surface area contributed by atoms with Crippen LogP contribution in [0.1, 0.15) is 43.1 Å². The van der Waals surface area contributed by atoms with Crippen molar-refractivity contribution in [3.63, 3.8) is 0 Å². The zero-order valence-corrected chi connectivity index (χ0v) is 13.4. The summed E-state index contributed by atoms with van der Waals surface area (Å²) in [4.78, 5) is 19.0. The summed E-state index contributed by atoms with van der Waals surface area (Å²) < 4.78 is 24.2. The quantitative estimate of drug-likeness (QED) is 0.864. The molecule has 1 fully saturated rings. The summed E-state index contributed by atoms with van der Waals surface area (Å²) in [6.45, 7) is 2.58. The summed E-state index contributed by atoms with van der Waals surface area (Å²) in [6.07, 6.45) is 2.14. The molecular weight excluding hydrogens is 313 g/mol. The number of amides is 1. The van der Waals surface area contributed by atoms with Gasteiger partial charge in [0.15, 0.2) is 11.9 Å². The minimum absolute atomic E-state index is 0.100.